The van der Waals surface area contributed by atoms with E-state index in [9.17, 15) is 8.42 Å². The lowest BCUT2D eigenvalue weighted by atomic mass is 10.1. The zero-order chi connectivity index (χ0) is 11.7. The highest BCUT2D eigenvalue weighted by atomic mass is 32.2. The van der Waals surface area contributed by atoms with E-state index in [0.29, 0.717) is 13.0 Å². The summed E-state index contributed by atoms with van der Waals surface area (Å²) in [6.07, 6.45) is 2.45. The summed E-state index contributed by atoms with van der Waals surface area (Å²) in [5, 5.41) is 8.93. The summed E-state index contributed by atoms with van der Waals surface area (Å²) in [7, 11) is -3.35. The molecule has 0 aromatic heterocycles. The number of nitriles is 1. The Labute approximate surface area is 91.9 Å². The highest BCUT2D eigenvalue weighted by molar-refractivity contribution is 7.90. The quantitative estimate of drug-likeness (QED) is 0.685. The molecule has 1 heterocycles. The van der Waals surface area contributed by atoms with Crippen LogP contribution in [0.5, 0.6) is 0 Å². The number of nitrogens with zero attached hydrogens (tertiary/aromatic N) is 2. The van der Waals surface area contributed by atoms with Gasteiger partial charge in [0.1, 0.15) is 6.04 Å². The average Bonchev–Trinajstić information content (AvgIpc) is 2.16. The predicted molar refractivity (Wildman–Crippen MR) is 58.6 cm³/mol. The second-order valence-electron chi connectivity index (χ2n) is 4.87. The molecule has 5 heteroatoms. The lowest BCUT2D eigenvalue weighted by molar-refractivity contribution is 0.289. The van der Waals surface area contributed by atoms with E-state index in [1.54, 1.807) is 20.8 Å². The van der Waals surface area contributed by atoms with E-state index < -0.39 is 20.8 Å². The molecule has 1 unspecified atom stereocenters. The third kappa shape index (κ3) is 2.32. The van der Waals surface area contributed by atoms with E-state index in [4.69, 9.17) is 5.26 Å². The first-order valence-electron chi connectivity index (χ1n) is 5.21. The molecule has 1 aliphatic rings. The van der Waals surface area contributed by atoms with E-state index in [1.807, 2.05) is 0 Å². The Balaban J connectivity index is 3.01. The first kappa shape index (κ1) is 12.5. The van der Waals surface area contributed by atoms with Gasteiger partial charge in [-0.05, 0) is 40.0 Å². The Kier molecular flexibility index (Phi) is 3.41. The molecule has 0 radical (unpaired) electrons. The number of sulfonamides is 1. The Morgan fingerprint density at radius 2 is 1.93 bits per heavy atom. The van der Waals surface area contributed by atoms with Gasteiger partial charge < -0.3 is 0 Å². The molecular weight excluding hydrogens is 212 g/mol. The average molecular weight is 230 g/mol. The van der Waals surface area contributed by atoms with Gasteiger partial charge in [0.15, 0.2) is 0 Å². The van der Waals surface area contributed by atoms with Gasteiger partial charge in [0.2, 0.25) is 10.0 Å². The van der Waals surface area contributed by atoms with Crippen LogP contribution in [0.3, 0.4) is 0 Å². The summed E-state index contributed by atoms with van der Waals surface area (Å²) in [5.74, 6) is 0. The normalized spacial score (nSPS) is 24.8. The lowest BCUT2D eigenvalue weighted by Crippen LogP contribution is -2.49. The molecule has 15 heavy (non-hydrogen) atoms. The van der Waals surface area contributed by atoms with E-state index >= 15 is 0 Å². The Bertz CT molecular complexity index is 362. The second-order valence-corrected chi connectivity index (χ2v) is 7.51. The molecule has 0 spiro atoms. The van der Waals surface area contributed by atoms with E-state index in [1.165, 1.54) is 4.31 Å². The minimum Gasteiger partial charge on any atom is -0.212 e. The molecule has 0 aromatic rings. The summed E-state index contributed by atoms with van der Waals surface area (Å²) in [4.78, 5) is 0. The zero-order valence-electron chi connectivity index (χ0n) is 9.52. The number of piperidine rings is 1. The number of hydrogen-bond donors (Lipinski definition) is 0. The topological polar surface area (TPSA) is 61.2 Å². The minimum atomic E-state index is -3.35. The molecule has 1 aliphatic heterocycles. The van der Waals surface area contributed by atoms with Crippen LogP contribution < -0.4 is 0 Å². The van der Waals surface area contributed by atoms with Crippen molar-refractivity contribution in [3.05, 3.63) is 0 Å². The van der Waals surface area contributed by atoms with Crippen LogP contribution in [0.1, 0.15) is 40.0 Å². The molecule has 0 amide bonds. The molecule has 0 bridgehead atoms. The summed E-state index contributed by atoms with van der Waals surface area (Å²) < 4.78 is 24.9. The van der Waals surface area contributed by atoms with Crippen molar-refractivity contribution >= 4 is 10.0 Å². The highest BCUT2D eigenvalue weighted by Crippen LogP contribution is 2.27. The van der Waals surface area contributed by atoms with Crippen molar-refractivity contribution in [2.45, 2.75) is 50.8 Å². The first-order valence-corrected chi connectivity index (χ1v) is 6.66. The Morgan fingerprint density at radius 1 is 1.33 bits per heavy atom. The van der Waals surface area contributed by atoms with Gasteiger partial charge in [0.05, 0.1) is 10.8 Å². The van der Waals surface area contributed by atoms with Gasteiger partial charge in [-0.25, -0.2) is 8.42 Å². The molecule has 0 aliphatic carbocycles. The molecular formula is C10H18N2O2S. The fraction of sp³-hybridized carbons (Fsp3) is 0.900. The molecule has 4 nitrogen and oxygen atoms in total. The molecule has 0 aromatic carbocycles. The van der Waals surface area contributed by atoms with Crippen LogP contribution in [0, 0.1) is 11.3 Å². The summed E-state index contributed by atoms with van der Waals surface area (Å²) in [6, 6.07) is 1.61. The van der Waals surface area contributed by atoms with E-state index in [2.05, 4.69) is 6.07 Å². The molecule has 1 saturated heterocycles. The summed E-state index contributed by atoms with van der Waals surface area (Å²) >= 11 is 0. The van der Waals surface area contributed by atoms with Crippen molar-refractivity contribution in [1.82, 2.24) is 4.31 Å². The van der Waals surface area contributed by atoms with Crippen LogP contribution in [0.4, 0.5) is 0 Å². The molecule has 1 atom stereocenters. The maximum Gasteiger partial charge on any atom is 0.220 e. The molecule has 1 rings (SSSR count). The monoisotopic (exact) mass is 230 g/mol. The third-order valence-corrected chi connectivity index (χ3v) is 5.29. The fourth-order valence-electron chi connectivity index (χ4n) is 1.67. The van der Waals surface area contributed by atoms with Crippen molar-refractivity contribution in [2.24, 2.45) is 0 Å². The van der Waals surface area contributed by atoms with Crippen molar-refractivity contribution in [2.75, 3.05) is 6.54 Å². The maximum atomic E-state index is 12.2. The van der Waals surface area contributed by atoms with Crippen molar-refractivity contribution < 1.29 is 8.42 Å². The minimum absolute atomic E-state index is 0.469. The summed E-state index contributed by atoms with van der Waals surface area (Å²) in [5.41, 5.74) is 0. The highest BCUT2D eigenvalue weighted by Gasteiger charge is 2.40. The SMILES string of the molecule is CC(C)(C)S(=O)(=O)N1CCCCC1C#N. The molecule has 0 saturated carbocycles. The van der Waals surface area contributed by atoms with Gasteiger partial charge in [-0.2, -0.15) is 9.57 Å². The van der Waals surface area contributed by atoms with Crippen LogP contribution in [0.2, 0.25) is 0 Å². The van der Waals surface area contributed by atoms with Gasteiger partial charge >= 0.3 is 0 Å². The largest absolute Gasteiger partial charge is 0.220 e. The number of rotatable bonds is 1. The Morgan fingerprint density at radius 3 is 2.40 bits per heavy atom. The molecule has 86 valence electrons. The zero-order valence-corrected chi connectivity index (χ0v) is 10.3. The van der Waals surface area contributed by atoms with Crippen LogP contribution in [0.25, 0.3) is 0 Å². The summed E-state index contributed by atoms with van der Waals surface area (Å²) in [6.45, 7) is 5.50. The van der Waals surface area contributed by atoms with Crippen molar-refractivity contribution in [3.63, 3.8) is 0 Å². The smallest absolute Gasteiger partial charge is 0.212 e. The maximum absolute atomic E-state index is 12.2. The lowest BCUT2D eigenvalue weighted by Gasteiger charge is -2.35. The van der Waals surface area contributed by atoms with Crippen molar-refractivity contribution in [3.8, 4) is 6.07 Å². The van der Waals surface area contributed by atoms with Crippen molar-refractivity contribution in [1.29, 1.82) is 5.26 Å². The third-order valence-electron chi connectivity index (χ3n) is 2.69. The van der Waals surface area contributed by atoms with Crippen LogP contribution in [0.15, 0.2) is 0 Å². The van der Waals surface area contributed by atoms with Gasteiger partial charge in [0, 0.05) is 6.54 Å². The number of hydrogen-bond acceptors (Lipinski definition) is 3. The van der Waals surface area contributed by atoms with Gasteiger partial charge in [-0.3, -0.25) is 0 Å². The van der Waals surface area contributed by atoms with Crippen LogP contribution in [-0.2, 0) is 10.0 Å². The first-order chi connectivity index (χ1) is 6.80. The van der Waals surface area contributed by atoms with E-state index in [0.717, 1.165) is 12.8 Å². The van der Waals surface area contributed by atoms with Gasteiger partial charge in [0.25, 0.3) is 0 Å². The van der Waals surface area contributed by atoms with E-state index in [-0.39, 0.29) is 0 Å². The predicted octanol–water partition coefficient (Wildman–Crippen LogP) is 1.49. The molecule has 0 N–H and O–H groups in total. The van der Waals surface area contributed by atoms with Crippen LogP contribution >= 0.6 is 0 Å². The molecule has 1 fully saturated rings. The fourth-order valence-corrected chi connectivity index (χ4v) is 3.23. The van der Waals surface area contributed by atoms with Crippen LogP contribution in [-0.4, -0.2) is 30.1 Å². The second kappa shape index (κ2) is 4.11. The van der Waals surface area contributed by atoms with Gasteiger partial charge in [-0.1, -0.05) is 0 Å². The Hall–Kier alpha value is -0.600. The van der Waals surface area contributed by atoms with Gasteiger partial charge in [-0.15, -0.1) is 0 Å². The standard InChI is InChI=1S/C10H18N2O2S/c1-10(2,3)15(13,14)12-7-5-4-6-9(12)8-11/h9H,4-7H2,1-3H3.